The van der Waals surface area contributed by atoms with E-state index in [-0.39, 0.29) is 31.2 Å². The Balaban J connectivity index is 0.00000120. The van der Waals surface area contributed by atoms with Crippen LogP contribution in [0.15, 0.2) is 35.0 Å². The molecule has 5 nitrogen and oxygen atoms in total. The maximum Gasteiger partial charge on any atom is 0.495 e. The van der Waals surface area contributed by atoms with E-state index in [1.54, 1.807) is 6.26 Å². The lowest BCUT2D eigenvalue weighted by molar-refractivity contribution is 0.100. The Morgan fingerprint density at radius 1 is 1.44 bits per heavy atom. The van der Waals surface area contributed by atoms with Crippen molar-refractivity contribution >= 4 is 19.5 Å². The number of allylic oxidation sites excluding steroid dienone is 3. The minimum Gasteiger partial charge on any atom is -0.497 e. The number of aliphatic hydroxyl groups excluding tert-OH is 1. The van der Waals surface area contributed by atoms with Crippen LogP contribution >= 0.6 is 12.4 Å². The molecule has 0 aromatic rings. The lowest BCUT2D eigenvalue weighted by atomic mass is 9.70. The summed E-state index contributed by atoms with van der Waals surface area (Å²) in [5.41, 5.74) is 8.59. The van der Waals surface area contributed by atoms with Crippen LogP contribution in [0.1, 0.15) is 0 Å². The summed E-state index contributed by atoms with van der Waals surface area (Å²) < 4.78 is 16.7. The van der Waals surface area contributed by atoms with E-state index in [1.165, 1.54) is 0 Å². The van der Waals surface area contributed by atoms with Crippen molar-refractivity contribution in [2.24, 2.45) is 5.73 Å². The molecule has 3 aliphatic heterocycles. The van der Waals surface area contributed by atoms with Crippen LogP contribution in [0.3, 0.4) is 0 Å². The third kappa shape index (κ3) is 2.11. The lowest BCUT2D eigenvalue weighted by Gasteiger charge is -2.24. The predicted octanol–water partition coefficient (Wildman–Crippen LogP) is -0.0489. The van der Waals surface area contributed by atoms with E-state index in [0.29, 0.717) is 13.2 Å². The topological polar surface area (TPSA) is 73.9 Å². The highest BCUT2D eigenvalue weighted by Gasteiger charge is 2.44. The average Bonchev–Trinajstić information content (AvgIpc) is 2.57. The molecular formula is C11H15BClNO4. The van der Waals surface area contributed by atoms with Crippen molar-refractivity contribution in [1.29, 1.82) is 0 Å². The van der Waals surface area contributed by atoms with Gasteiger partial charge in [-0.15, -0.1) is 12.4 Å². The number of ether oxygens (including phenoxy) is 1. The molecule has 0 fully saturated rings. The molecule has 0 radical (unpaired) electrons. The van der Waals surface area contributed by atoms with Gasteiger partial charge in [0.25, 0.3) is 0 Å². The second kappa shape index (κ2) is 5.46. The molecule has 0 amide bonds. The zero-order chi connectivity index (χ0) is 11.8. The minimum absolute atomic E-state index is 0. The molecule has 0 saturated carbocycles. The highest BCUT2D eigenvalue weighted by Crippen LogP contribution is 2.36. The molecule has 18 heavy (non-hydrogen) atoms. The van der Waals surface area contributed by atoms with Gasteiger partial charge in [0.05, 0.1) is 25.1 Å². The number of rotatable bonds is 2. The van der Waals surface area contributed by atoms with Gasteiger partial charge in [0, 0.05) is 6.54 Å². The fourth-order valence-corrected chi connectivity index (χ4v) is 2.39. The highest BCUT2D eigenvalue weighted by molar-refractivity contribution is 6.57. The third-order valence-electron chi connectivity index (χ3n) is 3.21. The van der Waals surface area contributed by atoms with E-state index < -0.39 is 7.12 Å². The number of hydrogen-bond donors (Lipinski definition) is 2. The van der Waals surface area contributed by atoms with E-state index in [1.807, 2.05) is 12.2 Å². The first-order chi connectivity index (χ1) is 8.33. The van der Waals surface area contributed by atoms with Crippen molar-refractivity contribution in [2.75, 3.05) is 19.8 Å². The number of halogens is 1. The van der Waals surface area contributed by atoms with Gasteiger partial charge in [0.2, 0.25) is 0 Å². The second-order valence-corrected chi connectivity index (χ2v) is 4.22. The van der Waals surface area contributed by atoms with Crippen LogP contribution in [0.5, 0.6) is 0 Å². The van der Waals surface area contributed by atoms with Crippen molar-refractivity contribution in [3.05, 3.63) is 35.0 Å². The first-order valence-electron chi connectivity index (χ1n) is 5.68. The first-order valence-corrected chi connectivity index (χ1v) is 5.68. The van der Waals surface area contributed by atoms with Gasteiger partial charge in [0.15, 0.2) is 0 Å². The Morgan fingerprint density at radius 3 is 3.00 bits per heavy atom. The summed E-state index contributed by atoms with van der Waals surface area (Å²) in [5, 5.41) is 9.31. The van der Waals surface area contributed by atoms with Crippen LogP contribution in [0.2, 0.25) is 0 Å². The smallest absolute Gasteiger partial charge is 0.495 e. The van der Waals surface area contributed by atoms with Gasteiger partial charge in [-0.05, 0) is 28.8 Å². The molecule has 0 aliphatic carbocycles. The van der Waals surface area contributed by atoms with Crippen molar-refractivity contribution in [3.8, 4) is 0 Å². The van der Waals surface area contributed by atoms with Gasteiger partial charge >= 0.3 is 7.12 Å². The molecule has 3 heterocycles. The average molecular weight is 272 g/mol. The Kier molecular flexibility index (Phi) is 4.14. The van der Waals surface area contributed by atoms with E-state index in [0.717, 1.165) is 16.6 Å². The zero-order valence-corrected chi connectivity index (χ0v) is 10.6. The minimum atomic E-state index is -0.429. The Labute approximate surface area is 112 Å². The maximum absolute atomic E-state index is 9.31. The third-order valence-corrected chi connectivity index (χ3v) is 3.21. The first kappa shape index (κ1) is 13.6. The Bertz CT molecular complexity index is 423. The molecule has 7 heteroatoms. The fourth-order valence-electron chi connectivity index (χ4n) is 2.39. The van der Waals surface area contributed by atoms with E-state index >= 15 is 0 Å². The maximum atomic E-state index is 9.31. The molecule has 0 aromatic carbocycles. The summed E-state index contributed by atoms with van der Waals surface area (Å²) in [6.07, 6.45) is 5.04. The van der Waals surface area contributed by atoms with Crippen LogP contribution in [-0.2, 0) is 14.0 Å². The summed E-state index contributed by atoms with van der Waals surface area (Å²) >= 11 is 0. The van der Waals surface area contributed by atoms with Crippen molar-refractivity contribution in [3.63, 3.8) is 0 Å². The molecule has 0 aromatic heterocycles. The Morgan fingerprint density at radius 2 is 2.28 bits per heavy atom. The number of aliphatic hydroxyl groups is 1. The summed E-state index contributed by atoms with van der Waals surface area (Å²) in [6, 6.07) is 0. The normalized spacial score (nSPS) is 29.2. The van der Waals surface area contributed by atoms with Crippen LogP contribution in [0, 0.1) is 0 Å². The summed E-state index contributed by atoms with van der Waals surface area (Å²) in [6.45, 7) is 0.772. The van der Waals surface area contributed by atoms with Gasteiger partial charge in [-0.3, -0.25) is 0 Å². The van der Waals surface area contributed by atoms with Crippen molar-refractivity contribution < 1.29 is 19.2 Å². The van der Waals surface area contributed by atoms with Crippen molar-refractivity contribution in [1.82, 2.24) is 0 Å². The lowest BCUT2D eigenvalue weighted by Crippen LogP contribution is -2.37. The number of nitrogens with two attached hydrogens (primary N) is 1. The largest absolute Gasteiger partial charge is 0.497 e. The molecule has 2 atom stereocenters. The monoisotopic (exact) mass is 271 g/mol. The molecular weight excluding hydrogens is 256 g/mol. The molecule has 0 saturated heterocycles. The van der Waals surface area contributed by atoms with Gasteiger partial charge in [-0.1, -0.05) is 0 Å². The standard InChI is InChI=1S/C11H14BNO4.ClH/c13-4-8-3-7-1-2-15-6-9-10(5-14)17-12(16-8)11(7)9;/h1-3,8,10,14H,4-6,13H2;1H/t8-,10+;/m1./s1. The van der Waals surface area contributed by atoms with Crippen LogP contribution < -0.4 is 5.73 Å². The van der Waals surface area contributed by atoms with Crippen LogP contribution in [0.4, 0.5) is 0 Å². The van der Waals surface area contributed by atoms with E-state index in [4.69, 9.17) is 19.8 Å². The van der Waals surface area contributed by atoms with Gasteiger partial charge in [-0.2, -0.15) is 0 Å². The SMILES string of the molecule is Cl.NC[C@H]1C=C2C=COCC3=C2B(O1)O[C@H]3CO. The van der Waals surface area contributed by atoms with Gasteiger partial charge < -0.3 is 24.9 Å². The van der Waals surface area contributed by atoms with Crippen molar-refractivity contribution in [2.45, 2.75) is 12.2 Å². The fraction of sp³-hybridized carbons (Fsp3) is 0.455. The summed E-state index contributed by atoms with van der Waals surface area (Å²) in [7, 11) is -0.429. The summed E-state index contributed by atoms with van der Waals surface area (Å²) in [5.74, 6) is 0. The number of hydrogen-bond acceptors (Lipinski definition) is 5. The van der Waals surface area contributed by atoms with Gasteiger partial charge in [-0.25, -0.2) is 0 Å². The predicted molar refractivity (Wildman–Crippen MR) is 69.1 cm³/mol. The Hall–Kier alpha value is -0.785. The molecule has 98 valence electrons. The van der Waals surface area contributed by atoms with Crippen LogP contribution in [-0.4, -0.2) is 44.2 Å². The van der Waals surface area contributed by atoms with Gasteiger partial charge in [0.1, 0.15) is 6.61 Å². The van der Waals surface area contributed by atoms with E-state index in [9.17, 15) is 5.11 Å². The molecule has 0 unspecified atom stereocenters. The zero-order valence-electron chi connectivity index (χ0n) is 9.74. The molecule has 0 bridgehead atoms. The summed E-state index contributed by atoms with van der Waals surface area (Å²) in [4.78, 5) is 0. The second-order valence-electron chi connectivity index (χ2n) is 4.22. The van der Waals surface area contributed by atoms with Crippen LogP contribution in [0.25, 0.3) is 0 Å². The van der Waals surface area contributed by atoms with E-state index in [2.05, 4.69) is 0 Å². The molecule has 3 rings (SSSR count). The highest BCUT2D eigenvalue weighted by atomic mass is 35.5. The molecule has 0 spiro atoms. The molecule has 3 N–H and O–H groups in total. The quantitative estimate of drug-likeness (QED) is 0.689. The molecule has 3 aliphatic rings.